The van der Waals surface area contributed by atoms with Crippen molar-refractivity contribution in [2.75, 3.05) is 7.11 Å². The molecule has 24 heavy (non-hydrogen) atoms. The predicted molar refractivity (Wildman–Crippen MR) is 91.8 cm³/mol. The maximum Gasteiger partial charge on any atom is 0.223 e. The van der Waals surface area contributed by atoms with Crippen molar-refractivity contribution in [1.82, 2.24) is 0 Å². The minimum Gasteiger partial charge on any atom is -0.497 e. The van der Waals surface area contributed by atoms with E-state index in [1.54, 1.807) is 31.4 Å². The zero-order valence-electron chi connectivity index (χ0n) is 13.8. The minimum atomic E-state index is -3.66. The number of hydrogen-bond acceptors (Lipinski definition) is 5. The van der Waals surface area contributed by atoms with Crippen LogP contribution >= 0.6 is 0 Å². The number of nitrogens with zero attached hydrogens (tertiary/aromatic N) is 1. The standard InChI is InChI=1S/C18H19NO4S/c1-12-4-10-16(11-5-12)24(20,21)18-13(2)17(23-19-18)14-6-8-15(22-3)9-7-14/h4-11,13,17H,1-3H3. The van der Waals surface area contributed by atoms with Crippen LogP contribution in [0.4, 0.5) is 0 Å². The zero-order valence-corrected chi connectivity index (χ0v) is 14.6. The molecule has 2 aromatic rings. The molecule has 1 aliphatic heterocycles. The molecule has 0 N–H and O–H groups in total. The van der Waals surface area contributed by atoms with Crippen molar-refractivity contribution < 1.29 is 18.0 Å². The Balaban J connectivity index is 1.87. The van der Waals surface area contributed by atoms with E-state index >= 15 is 0 Å². The van der Waals surface area contributed by atoms with Crippen LogP contribution in [0.3, 0.4) is 0 Å². The number of aryl methyl sites for hydroxylation is 1. The van der Waals surface area contributed by atoms with Gasteiger partial charge < -0.3 is 9.57 Å². The lowest BCUT2D eigenvalue weighted by atomic mass is 9.99. The molecule has 2 unspecified atom stereocenters. The Morgan fingerprint density at radius 1 is 1.04 bits per heavy atom. The summed E-state index contributed by atoms with van der Waals surface area (Å²) < 4.78 is 30.7. The van der Waals surface area contributed by atoms with Crippen molar-refractivity contribution in [3.8, 4) is 5.75 Å². The Bertz CT molecular complexity index is 855. The van der Waals surface area contributed by atoms with Crippen molar-refractivity contribution >= 4 is 14.9 Å². The number of methoxy groups -OCH3 is 1. The third kappa shape index (κ3) is 2.89. The summed E-state index contributed by atoms with van der Waals surface area (Å²) in [7, 11) is -2.06. The highest BCUT2D eigenvalue weighted by Crippen LogP contribution is 2.36. The first-order chi connectivity index (χ1) is 11.4. The van der Waals surface area contributed by atoms with E-state index in [1.165, 1.54) is 0 Å². The van der Waals surface area contributed by atoms with E-state index in [0.717, 1.165) is 16.9 Å². The zero-order chi connectivity index (χ0) is 17.3. The molecule has 0 aromatic heterocycles. The van der Waals surface area contributed by atoms with Crippen LogP contribution < -0.4 is 4.74 Å². The van der Waals surface area contributed by atoms with E-state index in [1.807, 2.05) is 38.1 Å². The van der Waals surface area contributed by atoms with E-state index in [0.29, 0.717) is 0 Å². The predicted octanol–water partition coefficient (Wildman–Crippen LogP) is 3.50. The molecular weight excluding hydrogens is 326 g/mol. The van der Waals surface area contributed by atoms with Crippen molar-refractivity contribution in [1.29, 1.82) is 0 Å². The van der Waals surface area contributed by atoms with Crippen molar-refractivity contribution in [3.63, 3.8) is 0 Å². The van der Waals surface area contributed by atoms with Crippen molar-refractivity contribution in [2.24, 2.45) is 11.1 Å². The van der Waals surface area contributed by atoms with E-state index in [4.69, 9.17) is 9.57 Å². The molecule has 3 rings (SSSR count). The fraction of sp³-hybridized carbons (Fsp3) is 0.278. The summed E-state index contributed by atoms with van der Waals surface area (Å²) in [5.74, 6) is 0.363. The van der Waals surface area contributed by atoms with Gasteiger partial charge in [0.15, 0.2) is 11.1 Å². The first-order valence-corrected chi connectivity index (χ1v) is 9.11. The summed E-state index contributed by atoms with van der Waals surface area (Å²) in [6.07, 6.45) is -0.425. The molecule has 0 fully saturated rings. The van der Waals surface area contributed by atoms with E-state index < -0.39 is 15.9 Å². The number of hydrogen-bond donors (Lipinski definition) is 0. The lowest BCUT2D eigenvalue weighted by molar-refractivity contribution is 0.0652. The lowest BCUT2D eigenvalue weighted by Gasteiger charge is -2.15. The topological polar surface area (TPSA) is 65.0 Å². The molecule has 6 heteroatoms. The maximum atomic E-state index is 12.8. The number of ether oxygens (including phenoxy) is 1. The van der Waals surface area contributed by atoms with Crippen LogP contribution in [0.1, 0.15) is 24.2 Å². The van der Waals surface area contributed by atoms with Crippen LogP contribution in [0.15, 0.2) is 58.6 Å². The van der Waals surface area contributed by atoms with E-state index in [2.05, 4.69) is 5.16 Å². The number of sulfone groups is 1. The first kappa shape index (κ1) is 16.5. The van der Waals surface area contributed by atoms with Gasteiger partial charge in [0.1, 0.15) is 5.75 Å². The summed E-state index contributed by atoms with van der Waals surface area (Å²) >= 11 is 0. The van der Waals surface area contributed by atoms with Gasteiger partial charge in [-0.25, -0.2) is 8.42 Å². The second-order valence-electron chi connectivity index (χ2n) is 5.83. The van der Waals surface area contributed by atoms with E-state index in [9.17, 15) is 8.42 Å². The fourth-order valence-electron chi connectivity index (χ4n) is 2.69. The van der Waals surface area contributed by atoms with Gasteiger partial charge in [-0.3, -0.25) is 0 Å². The average Bonchev–Trinajstić information content (AvgIpc) is 2.97. The Kier molecular flexibility index (Phi) is 4.32. The first-order valence-electron chi connectivity index (χ1n) is 7.63. The van der Waals surface area contributed by atoms with Crippen LogP contribution in [0.5, 0.6) is 5.75 Å². The molecule has 2 atom stereocenters. The monoisotopic (exact) mass is 345 g/mol. The molecule has 126 valence electrons. The summed E-state index contributed by atoms with van der Waals surface area (Å²) in [5, 5.41) is 3.95. The van der Waals surface area contributed by atoms with Crippen LogP contribution in [0.2, 0.25) is 0 Å². The third-order valence-electron chi connectivity index (χ3n) is 4.15. The smallest absolute Gasteiger partial charge is 0.223 e. The van der Waals surface area contributed by atoms with Crippen LogP contribution in [-0.2, 0) is 14.7 Å². The van der Waals surface area contributed by atoms with Gasteiger partial charge in [0.25, 0.3) is 0 Å². The highest BCUT2D eigenvalue weighted by molar-refractivity contribution is 8.06. The Labute approximate surface area is 141 Å². The molecular formula is C18H19NO4S. The molecule has 0 radical (unpaired) electrons. The Hall–Kier alpha value is -2.34. The van der Waals surface area contributed by atoms with Gasteiger partial charge in [0.2, 0.25) is 9.84 Å². The van der Waals surface area contributed by atoms with Crippen LogP contribution in [0.25, 0.3) is 0 Å². The van der Waals surface area contributed by atoms with Gasteiger partial charge in [0.05, 0.1) is 17.9 Å². The van der Waals surface area contributed by atoms with Gasteiger partial charge in [-0.1, -0.05) is 41.9 Å². The minimum absolute atomic E-state index is 0.0622. The van der Waals surface area contributed by atoms with Crippen molar-refractivity contribution in [3.05, 3.63) is 59.7 Å². The number of rotatable bonds is 3. The highest BCUT2D eigenvalue weighted by atomic mass is 32.2. The molecule has 0 amide bonds. The second kappa shape index (κ2) is 6.28. The number of benzene rings is 2. The Morgan fingerprint density at radius 3 is 2.25 bits per heavy atom. The lowest BCUT2D eigenvalue weighted by Crippen LogP contribution is -2.22. The fourth-order valence-corrected chi connectivity index (χ4v) is 4.18. The van der Waals surface area contributed by atoms with Gasteiger partial charge in [-0.15, -0.1) is 0 Å². The summed E-state index contributed by atoms with van der Waals surface area (Å²) in [6.45, 7) is 3.72. The van der Waals surface area contributed by atoms with Crippen molar-refractivity contribution in [2.45, 2.75) is 24.8 Å². The molecule has 0 saturated heterocycles. The molecule has 0 bridgehead atoms. The quantitative estimate of drug-likeness (QED) is 0.854. The van der Waals surface area contributed by atoms with Gasteiger partial charge >= 0.3 is 0 Å². The van der Waals surface area contributed by atoms with Crippen LogP contribution in [0, 0.1) is 12.8 Å². The summed E-state index contributed by atoms with van der Waals surface area (Å²) in [5.41, 5.74) is 1.86. The second-order valence-corrected chi connectivity index (χ2v) is 7.73. The van der Waals surface area contributed by atoms with Gasteiger partial charge in [0, 0.05) is 0 Å². The third-order valence-corrected chi connectivity index (χ3v) is 6.04. The largest absolute Gasteiger partial charge is 0.497 e. The van der Waals surface area contributed by atoms with Gasteiger partial charge in [-0.05, 0) is 36.8 Å². The van der Waals surface area contributed by atoms with E-state index in [-0.39, 0.29) is 15.9 Å². The van der Waals surface area contributed by atoms with Gasteiger partial charge in [-0.2, -0.15) is 0 Å². The molecule has 0 spiro atoms. The highest BCUT2D eigenvalue weighted by Gasteiger charge is 2.39. The Morgan fingerprint density at radius 2 is 1.67 bits per heavy atom. The molecule has 1 heterocycles. The van der Waals surface area contributed by atoms with Crippen LogP contribution in [-0.4, -0.2) is 20.6 Å². The normalized spacial score (nSPS) is 20.4. The molecule has 5 nitrogen and oxygen atoms in total. The molecule has 0 aliphatic carbocycles. The molecule has 2 aromatic carbocycles. The summed E-state index contributed by atoms with van der Waals surface area (Å²) in [4.78, 5) is 5.67. The SMILES string of the molecule is COc1ccc(C2ON=C(S(=O)(=O)c3ccc(C)cc3)C2C)cc1. The molecule has 0 saturated carbocycles. The average molecular weight is 345 g/mol. The molecule has 1 aliphatic rings. The number of oxime groups is 1. The maximum absolute atomic E-state index is 12.8. The summed E-state index contributed by atoms with van der Waals surface area (Å²) in [6, 6.07) is 14.1.